The number of nitrogens with one attached hydrogen (secondary N) is 1. The van der Waals surface area contributed by atoms with Crippen LogP contribution in [0.3, 0.4) is 0 Å². The highest BCUT2D eigenvalue weighted by Gasteiger charge is 2.03. The van der Waals surface area contributed by atoms with Crippen LogP contribution in [0.1, 0.15) is 32.9 Å². The molecule has 14 heavy (non-hydrogen) atoms. The van der Waals surface area contributed by atoms with Crippen LogP contribution in [0.25, 0.3) is 0 Å². The van der Waals surface area contributed by atoms with E-state index >= 15 is 0 Å². The topological polar surface area (TPSA) is 29.9 Å². The van der Waals surface area contributed by atoms with Crippen molar-refractivity contribution in [1.29, 1.82) is 0 Å². The SMILES string of the molecule is CCCNCc1ccnn1CC(C)C. The summed E-state index contributed by atoms with van der Waals surface area (Å²) in [6.07, 6.45) is 3.06. The van der Waals surface area contributed by atoms with Gasteiger partial charge in [0.25, 0.3) is 0 Å². The quantitative estimate of drug-likeness (QED) is 0.704. The van der Waals surface area contributed by atoms with Gasteiger partial charge in [-0.15, -0.1) is 0 Å². The molecule has 0 saturated heterocycles. The first-order chi connectivity index (χ1) is 6.74. The highest BCUT2D eigenvalue weighted by atomic mass is 15.3. The van der Waals surface area contributed by atoms with Gasteiger partial charge < -0.3 is 5.32 Å². The van der Waals surface area contributed by atoms with Crippen LogP contribution in [0.15, 0.2) is 12.3 Å². The Morgan fingerprint density at radius 1 is 1.50 bits per heavy atom. The van der Waals surface area contributed by atoms with Crippen molar-refractivity contribution in [3.05, 3.63) is 18.0 Å². The van der Waals surface area contributed by atoms with Gasteiger partial charge in [-0.1, -0.05) is 20.8 Å². The highest BCUT2D eigenvalue weighted by Crippen LogP contribution is 2.03. The van der Waals surface area contributed by atoms with E-state index < -0.39 is 0 Å². The molecular weight excluding hydrogens is 174 g/mol. The maximum absolute atomic E-state index is 4.31. The lowest BCUT2D eigenvalue weighted by atomic mass is 10.2. The zero-order valence-corrected chi connectivity index (χ0v) is 9.45. The van der Waals surface area contributed by atoms with E-state index in [0.717, 1.165) is 19.6 Å². The molecule has 0 aliphatic rings. The minimum absolute atomic E-state index is 0.653. The molecule has 0 unspecified atom stereocenters. The summed E-state index contributed by atoms with van der Waals surface area (Å²) in [5.41, 5.74) is 1.28. The molecule has 3 nitrogen and oxygen atoms in total. The number of hydrogen-bond acceptors (Lipinski definition) is 2. The Morgan fingerprint density at radius 2 is 2.29 bits per heavy atom. The molecule has 0 aromatic carbocycles. The van der Waals surface area contributed by atoms with Crippen LogP contribution in [0.2, 0.25) is 0 Å². The molecule has 1 N–H and O–H groups in total. The zero-order valence-electron chi connectivity index (χ0n) is 9.45. The molecule has 1 rings (SSSR count). The first kappa shape index (κ1) is 11.2. The summed E-state index contributed by atoms with van der Waals surface area (Å²) in [7, 11) is 0. The van der Waals surface area contributed by atoms with Crippen LogP contribution >= 0.6 is 0 Å². The first-order valence-electron chi connectivity index (χ1n) is 5.45. The van der Waals surface area contributed by atoms with Crippen molar-refractivity contribution < 1.29 is 0 Å². The van der Waals surface area contributed by atoms with Crippen molar-refractivity contribution in [2.24, 2.45) is 5.92 Å². The first-order valence-corrected chi connectivity index (χ1v) is 5.45. The van der Waals surface area contributed by atoms with Crippen molar-refractivity contribution in [3.63, 3.8) is 0 Å². The second-order valence-electron chi connectivity index (χ2n) is 4.08. The Bertz CT molecular complexity index is 253. The third kappa shape index (κ3) is 3.50. The van der Waals surface area contributed by atoms with Crippen LogP contribution in [0, 0.1) is 5.92 Å². The Hall–Kier alpha value is -0.830. The Kier molecular flexibility index (Phi) is 4.66. The average Bonchev–Trinajstić information content (AvgIpc) is 2.52. The molecule has 1 aromatic rings. The lowest BCUT2D eigenvalue weighted by Crippen LogP contribution is -2.18. The normalized spacial score (nSPS) is 11.1. The fourth-order valence-electron chi connectivity index (χ4n) is 1.41. The number of aromatic nitrogens is 2. The molecule has 1 aromatic heterocycles. The van der Waals surface area contributed by atoms with E-state index in [2.05, 4.69) is 41.9 Å². The molecule has 0 aliphatic heterocycles. The molecular formula is C11H21N3. The molecule has 0 aliphatic carbocycles. The molecule has 0 bridgehead atoms. The van der Waals surface area contributed by atoms with Crippen molar-refractivity contribution in [3.8, 4) is 0 Å². The van der Waals surface area contributed by atoms with Crippen LogP contribution in [0.5, 0.6) is 0 Å². The Balaban J connectivity index is 2.45. The molecule has 0 amide bonds. The molecule has 0 atom stereocenters. The van der Waals surface area contributed by atoms with Crippen molar-refractivity contribution in [2.75, 3.05) is 6.54 Å². The fraction of sp³-hybridized carbons (Fsp3) is 0.727. The second-order valence-corrected chi connectivity index (χ2v) is 4.08. The summed E-state index contributed by atoms with van der Waals surface area (Å²) in [5, 5.41) is 7.70. The van der Waals surface area contributed by atoms with Crippen LogP contribution < -0.4 is 5.32 Å². The zero-order chi connectivity index (χ0) is 10.4. The van der Waals surface area contributed by atoms with Gasteiger partial charge in [0.05, 0.1) is 5.69 Å². The Morgan fingerprint density at radius 3 is 2.93 bits per heavy atom. The molecule has 0 fully saturated rings. The van der Waals surface area contributed by atoms with Gasteiger partial charge in [-0.05, 0) is 24.9 Å². The van der Waals surface area contributed by atoms with Crippen LogP contribution in [0.4, 0.5) is 0 Å². The van der Waals surface area contributed by atoms with E-state index in [1.54, 1.807) is 0 Å². The van der Waals surface area contributed by atoms with Crippen LogP contribution in [-0.2, 0) is 13.1 Å². The lowest BCUT2D eigenvalue weighted by molar-refractivity contribution is 0.461. The third-order valence-corrected chi connectivity index (χ3v) is 2.08. The summed E-state index contributed by atoms with van der Waals surface area (Å²) in [6.45, 7) is 9.62. The van der Waals surface area contributed by atoms with E-state index in [0.29, 0.717) is 5.92 Å². The minimum atomic E-state index is 0.653. The van der Waals surface area contributed by atoms with Crippen molar-refractivity contribution >= 4 is 0 Å². The maximum atomic E-state index is 4.31. The highest BCUT2D eigenvalue weighted by molar-refractivity contribution is 5.00. The molecule has 0 spiro atoms. The van der Waals surface area contributed by atoms with Crippen molar-refractivity contribution in [1.82, 2.24) is 15.1 Å². The summed E-state index contributed by atoms with van der Waals surface area (Å²) in [5.74, 6) is 0.653. The second kappa shape index (κ2) is 5.81. The van der Waals surface area contributed by atoms with Gasteiger partial charge in [0.1, 0.15) is 0 Å². The standard InChI is InChI=1S/C11H21N3/c1-4-6-12-8-11-5-7-13-14(11)9-10(2)3/h5,7,10,12H,4,6,8-9H2,1-3H3. The minimum Gasteiger partial charge on any atom is -0.311 e. The average molecular weight is 195 g/mol. The molecule has 1 heterocycles. The lowest BCUT2D eigenvalue weighted by Gasteiger charge is -2.10. The summed E-state index contributed by atoms with van der Waals surface area (Å²) >= 11 is 0. The summed E-state index contributed by atoms with van der Waals surface area (Å²) in [6, 6.07) is 2.09. The maximum Gasteiger partial charge on any atom is 0.0522 e. The molecule has 0 saturated carbocycles. The Labute approximate surface area is 86.5 Å². The summed E-state index contributed by atoms with van der Waals surface area (Å²) < 4.78 is 2.09. The van der Waals surface area contributed by atoms with E-state index in [-0.39, 0.29) is 0 Å². The fourth-order valence-corrected chi connectivity index (χ4v) is 1.41. The number of rotatable bonds is 6. The van der Waals surface area contributed by atoms with E-state index in [4.69, 9.17) is 0 Å². The van der Waals surface area contributed by atoms with Crippen molar-refractivity contribution in [2.45, 2.75) is 40.3 Å². The summed E-state index contributed by atoms with van der Waals surface area (Å²) in [4.78, 5) is 0. The monoisotopic (exact) mass is 195 g/mol. The number of hydrogen-bond donors (Lipinski definition) is 1. The van der Waals surface area contributed by atoms with E-state index in [1.807, 2.05) is 6.20 Å². The third-order valence-electron chi connectivity index (χ3n) is 2.08. The van der Waals surface area contributed by atoms with Gasteiger partial charge in [-0.2, -0.15) is 5.10 Å². The van der Waals surface area contributed by atoms with Gasteiger partial charge in [0.15, 0.2) is 0 Å². The van der Waals surface area contributed by atoms with E-state index in [1.165, 1.54) is 12.1 Å². The molecule has 80 valence electrons. The predicted molar refractivity (Wildman–Crippen MR) is 59.1 cm³/mol. The van der Waals surface area contributed by atoms with Gasteiger partial charge in [-0.25, -0.2) is 0 Å². The van der Waals surface area contributed by atoms with Gasteiger partial charge in [-0.3, -0.25) is 4.68 Å². The predicted octanol–water partition coefficient (Wildman–Crippen LogP) is 2.04. The van der Waals surface area contributed by atoms with E-state index in [9.17, 15) is 0 Å². The smallest absolute Gasteiger partial charge is 0.0522 e. The number of nitrogens with zero attached hydrogens (tertiary/aromatic N) is 2. The van der Waals surface area contributed by atoms with Gasteiger partial charge >= 0.3 is 0 Å². The molecule has 3 heteroatoms. The van der Waals surface area contributed by atoms with Gasteiger partial charge in [0, 0.05) is 19.3 Å². The van der Waals surface area contributed by atoms with Crippen LogP contribution in [-0.4, -0.2) is 16.3 Å². The molecule has 0 radical (unpaired) electrons. The largest absolute Gasteiger partial charge is 0.311 e. The van der Waals surface area contributed by atoms with Gasteiger partial charge in [0.2, 0.25) is 0 Å².